The fourth-order valence-corrected chi connectivity index (χ4v) is 3.42. The summed E-state index contributed by atoms with van der Waals surface area (Å²) in [5, 5.41) is 9.13. The summed E-state index contributed by atoms with van der Waals surface area (Å²) in [7, 11) is -3.45. The van der Waals surface area contributed by atoms with Gasteiger partial charge in [-0.25, -0.2) is 8.42 Å². The predicted molar refractivity (Wildman–Crippen MR) is 74.1 cm³/mol. The molecule has 0 aliphatic heterocycles. The number of aliphatic hydroxyl groups excluding tert-OH is 1. The first-order valence-corrected chi connectivity index (χ1v) is 7.64. The third-order valence-corrected chi connectivity index (χ3v) is 4.36. The standard InChI is InChI=1S/C13H21NO3S/c1-4-11-7-5-6-8-12(11)14-18(16,17)10-13(2,3)9-15/h5-8,14-15H,4,9-10H2,1-3H3. The van der Waals surface area contributed by atoms with Gasteiger partial charge in [-0.3, -0.25) is 4.72 Å². The van der Waals surface area contributed by atoms with E-state index in [1.165, 1.54) is 0 Å². The number of aliphatic hydroxyl groups is 1. The maximum atomic E-state index is 12.0. The molecule has 0 amide bonds. The first kappa shape index (κ1) is 15.0. The smallest absolute Gasteiger partial charge is 0.233 e. The van der Waals surface area contributed by atoms with Crippen molar-refractivity contribution in [1.29, 1.82) is 0 Å². The van der Waals surface area contributed by atoms with Crippen LogP contribution in [0.2, 0.25) is 0 Å². The van der Waals surface area contributed by atoms with Gasteiger partial charge in [-0.1, -0.05) is 39.0 Å². The Morgan fingerprint density at radius 2 is 1.89 bits per heavy atom. The summed E-state index contributed by atoms with van der Waals surface area (Å²) >= 11 is 0. The summed E-state index contributed by atoms with van der Waals surface area (Å²) in [4.78, 5) is 0. The topological polar surface area (TPSA) is 66.4 Å². The maximum absolute atomic E-state index is 12.0. The quantitative estimate of drug-likeness (QED) is 0.831. The molecule has 0 aromatic heterocycles. The minimum absolute atomic E-state index is 0.103. The Bertz CT molecular complexity index is 495. The highest BCUT2D eigenvalue weighted by Crippen LogP contribution is 2.21. The number of aryl methyl sites for hydroxylation is 1. The molecule has 102 valence electrons. The first-order chi connectivity index (χ1) is 8.29. The van der Waals surface area contributed by atoms with Crippen LogP contribution < -0.4 is 4.72 Å². The number of anilines is 1. The highest BCUT2D eigenvalue weighted by molar-refractivity contribution is 7.92. The second-order valence-electron chi connectivity index (χ2n) is 5.19. The Morgan fingerprint density at radius 3 is 2.44 bits per heavy atom. The lowest BCUT2D eigenvalue weighted by Gasteiger charge is -2.22. The van der Waals surface area contributed by atoms with Gasteiger partial charge in [-0.2, -0.15) is 0 Å². The van der Waals surface area contributed by atoms with E-state index in [0.717, 1.165) is 12.0 Å². The normalized spacial score (nSPS) is 12.4. The highest BCUT2D eigenvalue weighted by Gasteiger charge is 2.25. The van der Waals surface area contributed by atoms with E-state index in [2.05, 4.69) is 4.72 Å². The number of para-hydroxylation sites is 1. The van der Waals surface area contributed by atoms with E-state index in [-0.39, 0.29) is 12.4 Å². The Hall–Kier alpha value is -1.07. The summed E-state index contributed by atoms with van der Waals surface area (Å²) in [6.07, 6.45) is 0.766. The van der Waals surface area contributed by atoms with Crippen molar-refractivity contribution in [2.75, 3.05) is 17.1 Å². The lowest BCUT2D eigenvalue weighted by Crippen LogP contribution is -2.31. The molecule has 0 unspecified atom stereocenters. The van der Waals surface area contributed by atoms with E-state index in [9.17, 15) is 8.42 Å². The van der Waals surface area contributed by atoms with E-state index >= 15 is 0 Å². The average Bonchev–Trinajstić information content (AvgIpc) is 2.28. The van der Waals surface area contributed by atoms with Crippen LogP contribution >= 0.6 is 0 Å². The largest absolute Gasteiger partial charge is 0.396 e. The Labute approximate surface area is 109 Å². The molecule has 0 bridgehead atoms. The summed E-state index contributed by atoms with van der Waals surface area (Å²) < 4.78 is 26.6. The summed E-state index contributed by atoms with van der Waals surface area (Å²) in [5.74, 6) is -0.103. The zero-order valence-corrected chi connectivity index (χ0v) is 11.9. The fraction of sp³-hybridized carbons (Fsp3) is 0.538. The van der Waals surface area contributed by atoms with Gasteiger partial charge in [0, 0.05) is 12.0 Å². The van der Waals surface area contributed by atoms with E-state index in [1.807, 2.05) is 19.1 Å². The monoisotopic (exact) mass is 271 g/mol. The van der Waals surface area contributed by atoms with Crippen LogP contribution in [0.5, 0.6) is 0 Å². The average molecular weight is 271 g/mol. The number of nitrogens with one attached hydrogen (secondary N) is 1. The molecule has 5 heteroatoms. The molecule has 0 saturated carbocycles. The number of hydrogen-bond acceptors (Lipinski definition) is 3. The Balaban J connectivity index is 2.89. The predicted octanol–water partition coefficient (Wildman–Crippen LogP) is 2.01. The number of hydrogen-bond donors (Lipinski definition) is 2. The molecule has 0 spiro atoms. The van der Waals surface area contributed by atoms with Crippen LogP contribution in [0.4, 0.5) is 5.69 Å². The van der Waals surface area contributed by atoms with Crippen molar-refractivity contribution in [3.8, 4) is 0 Å². The van der Waals surface area contributed by atoms with Crippen molar-refractivity contribution in [2.45, 2.75) is 27.2 Å². The SMILES string of the molecule is CCc1ccccc1NS(=O)(=O)CC(C)(C)CO. The van der Waals surface area contributed by atoms with Gasteiger partial charge in [-0.15, -0.1) is 0 Å². The van der Waals surface area contributed by atoms with Gasteiger partial charge in [0.25, 0.3) is 0 Å². The molecule has 18 heavy (non-hydrogen) atoms. The van der Waals surface area contributed by atoms with Gasteiger partial charge in [0.15, 0.2) is 0 Å². The molecule has 4 nitrogen and oxygen atoms in total. The summed E-state index contributed by atoms with van der Waals surface area (Å²) in [6, 6.07) is 7.33. The minimum Gasteiger partial charge on any atom is -0.396 e. The number of benzene rings is 1. The van der Waals surface area contributed by atoms with Crippen LogP contribution in [0.25, 0.3) is 0 Å². The second kappa shape index (κ2) is 5.71. The fourth-order valence-electron chi connectivity index (χ4n) is 1.69. The summed E-state index contributed by atoms with van der Waals surface area (Å²) in [6.45, 7) is 5.25. The molecule has 0 atom stereocenters. The Morgan fingerprint density at radius 1 is 1.28 bits per heavy atom. The van der Waals surface area contributed by atoms with Crippen molar-refractivity contribution in [3.63, 3.8) is 0 Å². The van der Waals surface area contributed by atoms with Gasteiger partial charge in [0.05, 0.1) is 11.4 Å². The molecule has 0 radical (unpaired) electrons. The van der Waals surface area contributed by atoms with Gasteiger partial charge >= 0.3 is 0 Å². The van der Waals surface area contributed by atoms with E-state index in [4.69, 9.17) is 5.11 Å². The molecular formula is C13H21NO3S. The molecule has 1 aromatic carbocycles. The van der Waals surface area contributed by atoms with Crippen molar-refractivity contribution in [3.05, 3.63) is 29.8 Å². The molecule has 1 rings (SSSR count). The lowest BCUT2D eigenvalue weighted by molar-refractivity contribution is 0.179. The third-order valence-electron chi connectivity index (χ3n) is 2.67. The van der Waals surface area contributed by atoms with Crippen LogP contribution in [-0.4, -0.2) is 25.9 Å². The van der Waals surface area contributed by atoms with Gasteiger partial charge in [-0.05, 0) is 18.1 Å². The minimum atomic E-state index is -3.45. The number of rotatable bonds is 6. The zero-order chi connectivity index (χ0) is 13.8. The molecule has 0 aliphatic carbocycles. The molecule has 0 saturated heterocycles. The third kappa shape index (κ3) is 4.31. The van der Waals surface area contributed by atoms with Crippen molar-refractivity contribution >= 4 is 15.7 Å². The van der Waals surface area contributed by atoms with Crippen LogP contribution in [-0.2, 0) is 16.4 Å². The van der Waals surface area contributed by atoms with E-state index in [0.29, 0.717) is 5.69 Å². The van der Waals surface area contributed by atoms with Gasteiger partial charge in [0.1, 0.15) is 0 Å². The first-order valence-electron chi connectivity index (χ1n) is 5.99. The maximum Gasteiger partial charge on any atom is 0.233 e. The lowest BCUT2D eigenvalue weighted by atomic mass is 9.98. The summed E-state index contributed by atoms with van der Waals surface area (Å²) in [5.41, 5.74) is 0.934. The highest BCUT2D eigenvalue weighted by atomic mass is 32.2. The van der Waals surface area contributed by atoms with E-state index in [1.54, 1.807) is 26.0 Å². The second-order valence-corrected chi connectivity index (χ2v) is 6.92. The van der Waals surface area contributed by atoms with E-state index < -0.39 is 15.4 Å². The van der Waals surface area contributed by atoms with Crippen LogP contribution in [0.3, 0.4) is 0 Å². The van der Waals surface area contributed by atoms with Crippen molar-refractivity contribution < 1.29 is 13.5 Å². The van der Waals surface area contributed by atoms with Gasteiger partial charge < -0.3 is 5.11 Å². The molecule has 0 aliphatic rings. The number of sulfonamides is 1. The molecular weight excluding hydrogens is 250 g/mol. The molecule has 0 fully saturated rings. The van der Waals surface area contributed by atoms with Crippen molar-refractivity contribution in [2.24, 2.45) is 5.41 Å². The van der Waals surface area contributed by atoms with Crippen molar-refractivity contribution in [1.82, 2.24) is 0 Å². The molecule has 2 N–H and O–H groups in total. The van der Waals surface area contributed by atoms with Crippen LogP contribution in [0.1, 0.15) is 26.3 Å². The zero-order valence-electron chi connectivity index (χ0n) is 11.1. The molecule has 0 heterocycles. The Kier molecular flexibility index (Phi) is 4.76. The molecule has 1 aromatic rings. The van der Waals surface area contributed by atoms with Crippen LogP contribution in [0.15, 0.2) is 24.3 Å². The van der Waals surface area contributed by atoms with Crippen LogP contribution in [0, 0.1) is 5.41 Å². The van der Waals surface area contributed by atoms with Gasteiger partial charge in [0.2, 0.25) is 10.0 Å².